The molecular weight excluding hydrogens is 230 g/mol. The summed E-state index contributed by atoms with van der Waals surface area (Å²) in [6.45, 7) is 6.56. The molecule has 0 bridgehead atoms. The van der Waals surface area contributed by atoms with Crippen molar-refractivity contribution in [3.05, 3.63) is 11.8 Å². The number of amides is 1. The number of nitrogens with one attached hydrogen (secondary N) is 1. The van der Waals surface area contributed by atoms with E-state index in [1.54, 1.807) is 6.07 Å². The number of nitrogens with zero attached hydrogens (tertiary/aromatic N) is 2. The summed E-state index contributed by atoms with van der Waals surface area (Å²) in [5.74, 6) is 1.18. The van der Waals surface area contributed by atoms with Crippen LogP contribution < -0.4 is 5.32 Å². The van der Waals surface area contributed by atoms with Crippen molar-refractivity contribution < 1.29 is 9.32 Å². The van der Waals surface area contributed by atoms with Crippen molar-refractivity contribution in [2.75, 3.05) is 25.0 Å². The molecule has 1 aromatic rings. The van der Waals surface area contributed by atoms with Gasteiger partial charge >= 0.3 is 0 Å². The molecule has 0 aromatic carbocycles. The van der Waals surface area contributed by atoms with Crippen molar-refractivity contribution >= 4 is 11.8 Å². The number of likely N-dealkylation sites (tertiary alicyclic amines) is 1. The van der Waals surface area contributed by atoms with Gasteiger partial charge in [0.05, 0.1) is 12.2 Å². The third-order valence-electron chi connectivity index (χ3n) is 3.37. The van der Waals surface area contributed by atoms with Crippen LogP contribution in [0, 0.1) is 12.8 Å². The molecular formula is C13H21N3O2. The van der Waals surface area contributed by atoms with Gasteiger partial charge in [0.15, 0.2) is 0 Å². The number of hydrogen-bond donors (Lipinski definition) is 1. The summed E-state index contributed by atoms with van der Waals surface area (Å²) in [5.41, 5.74) is 0.772. The maximum Gasteiger partial charge on any atom is 0.240 e. The molecule has 0 unspecified atom stereocenters. The van der Waals surface area contributed by atoms with Crippen LogP contribution in [-0.4, -0.2) is 35.6 Å². The largest absolute Gasteiger partial charge is 0.338 e. The lowest BCUT2D eigenvalue weighted by Gasteiger charge is -2.18. The van der Waals surface area contributed by atoms with Gasteiger partial charge in [0, 0.05) is 6.07 Å². The Kier molecular flexibility index (Phi) is 4.36. The quantitative estimate of drug-likeness (QED) is 0.893. The number of carbonyl (C=O) groups excluding carboxylic acids is 1. The molecule has 1 amide bonds. The first kappa shape index (κ1) is 13.1. The van der Waals surface area contributed by atoms with Gasteiger partial charge in [-0.25, -0.2) is 0 Å². The molecule has 1 saturated heterocycles. The first-order valence-electron chi connectivity index (χ1n) is 6.59. The monoisotopic (exact) mass is 251 g/mol. The average molecular weight is 251 g/mol. The van der Waals surface area contributed by atoms with Gasteiger partial charge < -0.3 is 4.52 Å². The van der Waals surface area contributed by atoms with E-state index in [0.717, 1.165) is 24.7 Å². The van der Waals surface area contributed by atoms with E-state index in [9.17, 15) is 4.79 Å². The maximum absolute atomic E-state index is 11.8. The summed E-state index contributed by atoms with van der Waals surface area (Å²) in [6, 6.07) is 1.72. The fraction of sp³-hybridized carbons (Fsp3) is 0.692. The minimum absolute atomic E-state index is 0.0271. The second-order valence-corrected chi connectivity index (χ2v) is 5.19. The van der Waals surface area contributed by atoms with Crippen LogP contribution in [0.4, 0.5) is 5.88 Å². The fourth-order valence-corrected chi connectivity index (χ4v) is 2.28. The highest BCUT2D eigenvalue weighted by Gasteiger charge is 2.16. The Bertz CT molecular complexity index is 403. The van der Waals surface area contributed by atoms with Crippen molar-refractivity contribution in [1.29, 1.82) is 0 Å². The minimum Gasteiger partial charge on any atom is -0.338 e. The lowest BCUT2D eigenvalue weighted by atomic mass is 10.0. The van der Waals surface area contributed by atoms with Gasteiger partial charge in [0.2, 0.25) is 11.8 Å². The summed E-state index contributed by atoms with van der Waals surface area (Å²) in [6.07, 6.45) is 3.62. The number of anilines is 1. The van der Waals surface area contributed by atoms with Crippen molar-refractivity contribution in [2.45, 2.75) is 33.1 Å². The highest BCUT2D eigenvalue weighted by atomic mass is 16.5. The van der Waals surface area contributed by atoms with Crippen LogP contribution in [0.15, 0.2) is 10.6 Å². The van der Waals surface area contributed by atoms with Crippen molar-refractivity contribution in [1.82, 2.24) is 10.1 Å². The third kappa shape index (κ3) is 3.84. The van der Waals surface area contributed by atoms with E-state index in [-0.39, 0.29) is 5.91 Å². The molecule has 2 rings (SSSR count). The molecule has 1 aliphatic heterocycles. The highest BCUT2D eigenvalue weighted by Crippen LogP contribution is 2.16. The van der Waals surface area contributed by atoms with Crippen LogP contribution in [0.2, 0.25) is 0 Å². The molecule has 18 heavy (non-hydrogen) atoms. The Balaban J connectivity index is 1.80. The number of aromatic nitrogens is 1. The summed E-state index contributed by atoms with van der Waals surface area (Å²) in [5, 5.41) is 6.47. The second kappa shape index (κ2) is 6.00. The Hall–Kier alpha value is -1.36. The molecule has 5 heteroatoms. The smallest absolute Gasteiger partial charge is 0.240 e. The molecule has 0 saturated carbocycles. The van der Waals surface area contributed by atoms with Gasteiger partial charge in [-0.2, -0.15) is 0 Å². The SMILES string of the molecule is Cc1cc(NC(=O)CN2CCC[C@@H](C)CC2)on1. The molecule has 1 fully saturated rings. The van der Waals surface area contributed by atoms with Crippen LogP contribution in [-0.2, 0) is 4.79 Å². The van der Waals surface area contributed by atoms with Gasteiger partial charge in [-0.3, -0.25) is 15.0 Å². The molecule has 1 aliphatic rings. The van der Waals surface area contributed by atoms with Gasteiger partial charge in [0.25, 0.3) is 0 Å². The van der Waals surface area contributed by atoms with Gasteiger partial charge in [-0.1, -0.05) is 12.1 Å². The van der Waals surface area contributed by atoms with E-state index < -0.39 is 0 Å². The van der Waals surface area contributed by atoms with E-state index >= 15 is 0 Å². The van der Waals surface area contributed by atoms with Crippen LogP contribution in [0.5, 0.6) is 0 Å². The summed E-state index contributed by atoms with van der Waals surface area (Å²) in [4.78, 5) is 14.1. The van der Waals surface area contributed by atoms with Gasteiger partial charge in [-0.15, -0.1) is 0 Å². The predicted octanol–water partition coefficient (Wildman–Crippen LogP) is 2.04. The zero-order valence-corrected chi connectivity index (χ0v) is 11.1. The molecule has 100 valence electrons. The Morgan fingerprint density at radius 1 is 1.56 bits per heavy atom. The summed E-state index contributed by atoms with van der Waals surface area (Å²) >= 11 is 0. The van der Waals surface area contributed by atoms with E-state index in [4.69, 9.17) is 4.52 Å². The normalized spacial score (nSPS) is 21.6. The molecule has 2 heterocycles. The van der Waals surface area contributed by atoms with Crippen LogP contribution in [0.3, 0.4) is 0 Å². The Morgan fingerprint density at radius 2 is 2.39 bits per heavy atom. The average Bonchev–Trinajstić information content (AvgIpc) is 2.59. The molecule has 5 nitrogen and oxygen atoms in total. The molecule has 0 radical (unpaired) electrons. The van der Waals surface area contributed by atoms with Crippen molar-refractivity contribution in [2.24, 2.45) is 5.92 Å². The molecule has 0 spiro atoms. The highest BCUT2D eigenvalue weighted by molar-refractivity contribution is 5.90. The first-order chi connectivity index (χ1) is 8.63. The summed E-state index contributed by atoms with van der Waals surface area (Å²) in [7, 11) is 0. The standard InChI is InChI=1S/C13H21N3O2/c1-10-4-3-6-16(7-5-10)9-12(17)14-13-8-11(2)15-18-13/h8,10H,3-7,9H2,1-2H3,(H,14,17)/t10-/m1/s1. The van der Waals surface area contributed by atoms with E-state index in [1.807, 2.05) is 6.92 Å². The van der Waals surface area contributed by atoms with Crippen LogP contribution in [0.1, 0.15) is 31.9 Å². The van der Waals surface area contributed by atoms with Crippen LogP contribution >= 0.6 is 0 Å². The molecule has 0 aliphatic carbocycles. The number of aryl methyl sites for hydroxylation is 1. The number of carbonyl (C=O) groups is 1. The molecule has 1 N–H and O–H groups in total. The Labute approximate surface area is 108 Å². The topological polar surface area (TPSA) is 58.4 Å². The lowest BCUT2D eigenvalue weighted by molar-refractivity contribution is -0.117. The van der Waals surface area contributed by atoms with Crippen molar-refractivity contribution in [3.63, 3.8) is 0 Å². The molecule has 1 aromatic heterocycles. The van der Waals surface area contributed by atoms with Crippen LogP contribution in [0.25, 0.3) is 0 Å². The second-order valence-electron chi connectivity index (χ2n) is 5.19. The van der Waals surface area contributed by atoms with Gasteiger partial charge in [0.1, 0.15) is 0 Å². The minimum atomic E-state index is -0.0271. The number of rotatable bonds is 3. The number of hydrogen-bond acceptors (Lipinski definition) is 4. The summed E-state index contributed by atoms with van der Waals surface area (Å²) < 4.78 is 4.97. The molecule has 1 atom stereocenters. The zero-order chi connectivity index (χ0) is 13.0. The fourth-order valence-electron chi connectivity index (χ4n) is 2.28. The maximum atomic E-state index is 11.8. The van der Waals surface area contributed by atoms with Crippen molar-refractivity contribution in [3.8, 4) is 0 Å². The Morgan fingerprint density at radius 3 is 3.11 bits per heavy atom. The van der Waals surface area contributed by atoms with E-state index in [1.165, 1.54) is 19.3 Å². The van der Waals surface area contributed by atoms with E-state index in [2.05, 4.69) is 22.3 Å². The lowest BCUT2D eigenvalue weighted by Crippen LogP contribution is -2.34. The third-order valence-corrected chi connectivity index (χ3v) is 3.37. The van der Waals surface area contributed by atoms with Gasteiger partial charge in [-0.05, 0) is 45.2 Å². The first-order valence-corrected chi connectivity index (χ1v) is 6.59. The van der Waals surface area contributed by atoms with E-state index in [0.29, 0.717) is 12.4 Å². The predicted molar refractivity (Wildman–Crippen MR) is 69.3 cm³/mol. The zero-order valence-electron chi connectivity index (χ0n) is 11.1.